The highest BCUT2D eigenvalue weighted by Gasteiger charge is 2.31. The standard InChI is InChI=1S/C28H34F2N6O6S/c1-6-35(7-2)27-31-17-23(36(8-3)43(40,41)24-14-11-19(29)16-21(24)30)25(33-27)32-22(26(37)38)15-18-9-12-20(13-10-18)42-28(39)34(4)5/h9-14,16-17,22H,6-8,15H2,1-5H3,(H,37,38)(H,31,32,33). The van der Waals surface area contributed by atoms with Crippen molar-refractivity contribution in [2.24, 2.45) is 0 Å². The van der Waals surface area contributed by atoms with Crippen LogP contribution in [0.4, 0.5) is 31.0 Å². The van der Waals surface area contributed by atoms with Gasteiger partial charge in [-0.3, -0.25) is 4.31 Å². The molecule has 15 heteroatoms. The topological polar surface area (TPSA) is 145 Å². The number of aromatic nitrogens is 2. The van der Waals surface area contributed by atoms with Gasteiger partial charge in [-0.15, -0.1) is 0 Å². The van der Waals surface area contributed by atoms with Gasteiger partial charge in [-0.05, 0) is 50.6 Å². The first-order valence-electron chi connectivity index (χ1n) is 13.4. The Morgan fingerprint density at radius 2 is 1.67 bits per heavy atom. The quantitative estimate of drug-likeness (QED) is 0.288. The summed E-state index contributed by atoms with van der Waals surface area (Å²) in [7, 11) is -1.52. The number of carbonyl (C=O) groups is 2. The Bertz CT molecular complexity index is 1550. The summed E-state index contributed by atoms with van der Waals surface area (Å²) in [5.41, 5.74) is 0.441. The number of amides is 1. The number of carboxylic acid groups (broad SMARTS) is 1. The van der Waals surface area contributed by atoms with E-state index in [1.165, 1.54) is 44.2 Å². The maximum Gasteiger partial charge on any atom is 0.414 e. The van der Waals surface area contributed by atoms with E-state index < -0.39 is 44.7 Å². The monoisotopic (exact) mass is 620 g/mol. The predicted molar refractivity (Wildman–Crippen MR) is 157 cm³/mol. The van der Waals surface area contributed by atoms with E-state index in [0.29, 0.717) is 24.7 Å². The van der Waals surface area contributed by atoms with Crippen LogP contribution >= 0.6 is 0 Å². The van der Waals surface area contributed by atoms with Gasteiger partial charge in [-0.2, -0.15) is 4.98 Å². The molecule has 3 aromatic rings. The Hall–Kier alpha value is -4.53. The first-order valence-corrected chi connectivity index (χ1v) is 14.8. The van der Waals surface area contributed by atoms with Crippen LogP contribution in [0, 0.1) is 11.6 Å². The van der Waals surface area contributed by atoms with Crippen LogP contribution in [0.25, 0.3) is 0 Å². The van der Waals surface area contributed by atoms with Crippen LogP contribution in [0.1, 0.15) is 26.3 Å². The Kier molecular flexibility index (Phi) is 10.8. The summed E-state index contributed by atoms with van der Waals surface area (Å²) >= 11 is 0. The lowest BCUT2D eigenvalue weighted by Crippen LogP contribution is -2.36. The van der Waals surface area contributed by atoms with E-state index >= 15 is 0 Å². The van der Waals surface area contributed by atoms with Crippen LogP contribution in [-0.4, -0.2) is 80.2 Å². The molecule has 1 amide bonds. The number of anilines is 3. The van der Waals surface area contributed by atoms with Gasteiger partial charge < -0.3 is 25.0 Å². The van der Waals surface area contributed by atoms with Crippen molar-refractivity contribution in [3.05, 3.63) is 65.9 Å². The highest BCUT2D eigenvalue weighted by molar-refractivity contribution is 7.92. The molecule has 3 rings (SSSR count). The van der Waals surface area contributed by atoms with E-state index in [4.69, 9.17) is 4.74 Å². The summed E-state index contributed by atoms with van der Waals surface area (Å²) in [5.74, 6) is -3.12. The van der Waals surface area contributed by atoms with E-state index in [1.54, 1.807) is 17.0 Å². The third kappa shape index (κ3) is 7.85. The number of carbonyl (C=O) groups excluding carboxylic acids is 1. The highest BCUT2D eigenvalue weighted by Crippen LogP contribution is 2.32. The van der Waals surface area contributed by atoms with E-state index in [1.807, 2.05) is 13.8 Å². The van der Waals surface area contributed by atoms with Crippen LogP contribution in [0.5, 0.6) is 5.75 Å². The zero-order valence-electron chi connectivity index (χ0n) is 24.4. The molecule has 0 fully saturated rings. The van der Waals surface area contributed by atoms with Gasteiger partial charge in [0, 0.05) is 46.2 Å². The summed E-state index contributed by atoms with van der Waals surface area (Å²) in [5, 5.41) is 12.9. The normalized spacial score (nSPS) is 11.9. The Balaban J connectivity index is 2.03. The molecule has 1 unspecified atom stereocenters. The van der Waals surface area contributed by atoms with Crippen LogP contribution in [0.2, 0.25) is 0 Å². The summed E-state index contributed by atoms with van der Waals surface area (Å²) in [6.45, 7) is 6.06. The van der Waals surface area contributed by atoms with Gasteiger partial charge in [0.1, 0.15) is 34.0 Å². The van der Waals surface area contributed by atoms with Gasteiger partial charge >= 0.3 is 12.1 Å². The molecule has 0 saturated heterocycles. The number of nitrogens with one attached hydrogen (secondary N) is 1. The van der Waals surface area contributed by atoms with Crippen molar-refractivity contribution < 1.29 is 36.6 Å². The molecule has 2 aromatic carbocycles. The van der Waals surface area contributed by atoms with Gasteiger partial charge in [-0.25, -0.2) is 31.8 Å². The van der Waals surface area contributed by atoms with Crippen molar-refractivity contribution in [1.29, 1.82) is 0 Å². The lowest BCUT2D eigenvalue weighted by atomic mass is 10.1. The number of rotatable bonds is 13. The lowest BCUT2D eigenvalue weighted by molar-refractivity contribution is -0.137. The average molecular weight is 621 g/mol. The summed E-state index contributed by atoms with van der Waals surface area (Å²) in [4.78, 5) is 35.2. The molecule has 43 heavy (non-hydrogen) atoms. The van der Waals surface area contributed by atoms with Crippen molar-refractivity contribution in [3.8, 4) is 5.75 Å². The number of ether oxygens (including phenoxy) is 1. The smallest absolute Gasteiger partial charge is 0.414 e. The van der Waals surface area contributed by atoms with Crippen LogP contribution in [0.3, 0.4) is 0 Å². The number of halogens is 2. The number of sulfonamides is 1. The molecule has 2 N–H and O–H groups in total. The molecule has 232 valence electrons. The van der Waals surface area contributed by atoms with E-state index in [9.17, 15) is 31.9 Å². The highest BCUT2D eigenvalue weighted by atomic mass is 32.2. The van der Waals surface area contributed by atoms with E-state index in [0.717, 1.165) is 16.4 Å². The Labute approximate surface area is 249 Å². The molecule has 0 saturated carbocycles. The van der Waals surface area contributed by atoms with Crippen molar-refractivity contribution >= 4 is 39.5 Å². The molecule has 0 radical (unpaired) electrons. The third-order valence-corrected chi connectivity index (χ3v) is 8.29. The Morgan fingerprint density at radius 1 is 1.02 bits per heavy atom. The van der Waals surface area contributed by atoms with Crippen molar-refractivity contribution in [3.63, 3.8) is 0 Å². The minimum absolute atomic E-state index is 0.0627. The largest absolute Gasteiger partial charge is 0.480 e. The van der Waals surface area contributed by atoms with Crippen LogP contribution in [0.15, 0.2) is 53.6 Å². The number of hydrogen-bond donors (Lipinski definition) is 2. The van der Waals surface area contributed by atoms with Gasteiger partial charge in [-0.1, -0.05) is 12.1 Å². The second-order valence-corrected chi connectivity index (χ2v) is 11.3. The average Bonchev–Trinajstić information content (AvgIpc) is 2.95. The molecule has 1 atom stereocenters. The molecular weight excluding hydrogens is 586 g/mol. The molecule has 0 spiro atoms. The Morgan fingerprint density at radius 3 is 2.21 bits per heavy atom. The second kappa shape index (κ2) is 14.1. The van der Waals surface area contributed by atoms with Gasteiger partial charge in [0.2, 0.25) is 5.95 Å². The zero-order chi connectivity index (χ0) is 31.9. The zero-order valence-corrected chi connectivity index (χ0v) is 25.2. The fraction of sp³-hybridized carbons (Fsp3) is 0.357. The predicted octanol–water partition coefficient (Wildman–Crippen LogP) is 3.98. The van der Waals surface area contributed by atoms with Crippen molar-refractivity contribution in [2.75, 3.05) is 48.3 Å². The minimum atomic E-state index is -4.59. The summed E-state index contributed by atoms with van der Waals surface area (Å²) < 4.78 is 61.3. The molecule has 0 bridgehead atoms. The molecule has 0 aliphatic carbocycles. The maximum absolute atomic E-state index is 14.6. The SMILES string of the molecule is CCN(CC)c1ncc(N(CC)S(=O)(=O)c2ccc(F)cc2F)c(NC(Cc2ccc(OC(=O)N(C)C)cc2)C(=O)O)n1. The molecular formula is C28H34F2N6O6S. The van der Waals surface area contributed by atoms with E-state index in [-0.39, 0.29) is 36.2 Å². The number of carboxylic acids is 1. The van der Waals surface area contributed by atoms with Gasteiger partial charge in [0.25, 0.3) is 10.0 Å². The molecule has 12 nitrogen and oxygen atoms in total. The van der Waals surface area contributed by atoms with Gasteiger partial charge in [0.05, 0.1) is 6.20 Å². The first kappa shape index (κ1) is 33.0. The number of benzene rings is 2. The number of aliphatic carboxylic acids is 1. The maximum atomic E-state index is 14.6. The number of nitrogens with zero attached hydrogens (tertiary/aromatic N) is 5. The van der Waals surface area contributed by atoms with Crippen molar-refractivity contribution in [2.45, 2.75) is 38.1 Å². The van der Waals surface area contributed by atoms with E-state index in [2.05, 4.69) is 15.3 Å². The first-order chi connectivity index (χ1) is 20.3. The second-order valence-electron chi connectivity index (χ2n) is 9.47. The molecule has 1 aromatic heterocycles. The fourth-order valence-electron chi connectivity index (χ4n) is 4.07. The summed E-state index contributed by atoms with van der Waals surface area (Å²) in [6.07, 6.45) is 0.583. The van der Waals surface area contributed by atoms with Crippen molar-refractivity contribution in [1.82, 2.24) is 14.9 Å². The molecule has 0 aliphatic heterocycles. The number of hydrogen-bond acceptors (Lipinski definition) is 9. The van der Waals surface area contributed by atoms with Crippen LogP contribution in [-0.2, 0) is 21.2 Å². The summed E-state index contributed by atoms with van der Waals surface area (Å²) in [6, 6.07) is 7.05. The van der Waals surface area contributed by atoms with Gasteiger partial charge in [0.15, 0.2) is 5.82 Å². The molecule has 0 aliphatic rings. The lowest BCUT2D eigenvalue weighted by Gasteiger charge is -2.27. The minimum Gasteiger partial charge on any atom is -0.480 e. The fourth-order valence-corrected chi connectivity index (χ4v) is 5.59. The third-order valence-electron chi connectivity index (χ3n) is 6.36. The van der Waals surface area contributed by atoms with Crippen LogP contribution < -0.4 is 19.3 Å². The molecule has 1 heterocycles.